The number of carbonyl (C=O) groups is 1. The lowest BCUT2D eigenvalue weighted by Gasteiger charge is -2.46. The van der Waals surface area contributed by atoms with Gasteiger partial charge in [0, 0.05) is 32.2 Å². The fourth-order valence-corrected chi connectivity index (χ4v) is 4.68. The molecule has 2 saturated heterocycles. The summed E-state index contributed by atoms with van der Waals surface area (Å²) in [5.74, 6) is 0.0792. The Hall–Kier alpha value is -1.43. The molecule has 2 N–H and O–H groups in total. The first-order valence-corrected chi connectivity index (χ1v) is 9.16. The van der Waals surface area contributed by atoms with Crippen molar-refractivity contribution in [2.24, 2.45) is 5.73 Å². The Morgan fingerprint density at radius 2 is 2.04 bits per heavy atom. The van der Waals surface area contributed by atoms with Crippen LogP contribution in [0.5, 0.6) is 0 Å². The summed E-state index contributed by atoms with van der Waals surface area (Å²) in [7, 11) is 0. The lowest BCUT2D eigenvalue weighted by molar-refractivity contribution is -0.129. The van der Waals surface area contributed by atoms with Crippen molar-refractivity contribution in [3.05, 3.63) is 35.4 Å². The summed E-state index contributed by atoms with van der Waals surface area (Å²) in [6.07, 6.45) is 4.19. The maximum atomic E-state index is 11.8. The lowest BCUT2D eigenvalue weighted by Crippen LogP contribution is -2.50. The second kappa shape index (κ2) is 6.47. The minimum absolute atomic E-state index is 0.0792. The highest BCUT2D eigenvalue weighted by atomic mass is 16.5. The average Bonchev–Trinajstić information content (AvgIpc) is 3.12. The van der Waals surface area contributed by atoms with E-state index in [4.69, 9.17) is 10.5 Å². The Bertz CT molecular complexity index is 610. The molecule has 0 saturated carbocycles. The maximum absolute atomic E-state index is 11.8. The second-order valence-electron chi connectivity index (χ2n) is 7.27. The monoisotopic (exact) mass is 329 g/mol. The molecule has 24 heavy (non-hydrogen) atoms. The predicted molar refractivity (Wildman–Crippen MR) is 92.6 cm³/mol. The summed E-state index contributed by atoms with van der Waals surface area (Å²) in [5.41, 5.74) is 8.27. The van der Waals surface area contributed by atoms with Crippen molar-refractivity contribution in [2.75, 3.05) is 39.3 Å². The first kappa shape index (κ1) is 16.1. The van der Waals surface area contributed by atoms with E-state index in [-0.39, 0.29) is 18.1 Å². The number of rotatable bonds is 2. The van der Waals surface area contributed by atoms with Crippen molar-refractivity contribution in [2.45, 2.75) is 37.3 Å². The van der Waals surface area contributed by atoms with Crippen LogP contribution in [0, 0.1) is 0 Å². The third-order valence-corrected chi connectivity index (χ3v) is 6.07. The Kier molecular flexibility index (Phi) is 4.33. The van der Waals surface area contributed by atoms with Crippen molar-refractivity contribution >= 4 is 5.91 Å². The molecule has 3 aliphatic heterocycles. The van der Waals surface area contributed by atoms with E-state index in [0.717, 1.165) is 58.5 Å². The van der Waals surface area contributed by atoms with E-state index in [9.17, 15) is 4.79 Å². The van der Waals surface area contributed by atoms with E-state index in [0.29, 0.717) is 6.04 Å². The minimum atomic E-state index is -0.0866. The quantitative estimate of drug-likeness (QED) is 0.883. The number of nitrogens with zero attached hydrogens (tertiary/aromatic N) is 2. The molecular weight excluding hydrogens is 302 g/mol. The molecule has 5 nitrogen and oxygen atoms in total. The number of hydrogen-bond acceptors (Lipinski definition) is 4. The van der Waals surface area contributed by atoms with Gasteiger partial charge >= 0.3 is 0 Å². The Labute approximate surface area is 143 Å². The van der Waals surface area contributed by atoms with Crippen molar-refractivity contribution in [1.82, 2.24) is 9.80 Å². The molecule has 3 heterocycles. The number of fused-ring (bicyclic) bond motifs is 2. The van der Waals surface area contributed by atoms with E-state index in [2.05, 4.69) is 29.2 Å². The summed E-state index contributed by atoms with van der Waals surface area (Å²) in [6.45, 7) is 4.73. The molecule has 1 unspecified atom stereocenters. The predicted octanol–water partition coefficient (Wildman–Crippen LogP) is 1.11. The minimum Gasteiger partial charge on any atom is -0.370 e. The Balaban J connectivity index is 1.42. The van der Waals surface area contributed by atoms with Crippen LogP contribution in [0.4, 0.5) is 0 Å². The van der Waals surface area contributed by atoms with Crippen molar-refractivity contribution in [1.29, 1.82) is 0 Å². The van der Waals surface area contributed by atoms with Crippen molar-refractivity contribution in [3.63, 3.8) is 0 Å². The smallest absolute Gasteiger partial charge is 0.236 e. The standard InChI is InChI=1S/C19H27N3O2/c20-13-18(23)22-9-5-16(14-22)21-10-7-19(8-11-21)17-4-2-1-3-15(17)6-12-24-19/h1-4,16H,5-14,20H2. The summed E-state index contributed by atoms with van der Waals surface area (Å²) < 4.78 is 6.31. The van der Waals surface area contributed by atoms with E-state index in [1.165, 1.54) is 11.1 Å². The highest BCUT2D eigenvalue weighted by molar-refractivity contribution is 5.78. The van der Waals surface area contributed by atoms with Gasteiger partial charge in [0.1, 0.15) is 0 Å². The molecule has 0 aliphatic carbocycles. The first-order valence-electron chi connectivity index (χ1n) is 9.16. The molecule has 1 spiro atoms. The fraction of sp³-hybridized carbons (Fsp3) is 0.632. The van der Waals surface area contributed by atoms with Gasteiger partial charge in [-0.05, 0) is 36.8 Å². The molecule has 0 aromatic heterocycles. The number of nitrogens with two attached hydrogens (primary N) is 1. The highest BCUT2D eigenvalue weighted by Gasteiger charge is 2.42. The number of piperidine rings is 1. The van der Waals surface area contributed by atoms with E-state index < -0.39 is 0 Å². The second-order valence-corrected chi connectivity index (χ2v) is 7.27. The van der Waals surface area contributed by atoms with Crippen LogP contribution in [-0.2, 0) is 21.6 Å². The number of ether oxygens (including phenoxy) is 1. The van der Waals surface area contributed by atoms with Crippen LogP contribution < -0.4 is 5.73 Å². The largest absolute Gasteiger partial charge is 0.370 e. The SMILES string of the molecule is NCC(=O)N1CCC(N2CCC3(CC2)OCCc2ccccc23)C1. The third-order valence-electron chi connectivity index (χ3n) is 6.07. The van der Waals surface area contributed by atoms with Gasteiger partial charge in [-0.2, -0.15) is 0 Å². The molecule has 1 aromatic rings. The average molecular weight is 329 g/mol. The van der Waals surface area contributed by atoms with Gasteiger partial charge in [0.2, 0.25) is 5.91 Å². The molecular formula is C19H27N3O2. The van der Waals surface area contributed by atoms with Gasteiger partial charge < -0.3 is 15.4 Å². The van der Waals surface area contributed by atoms with Crippen LogP contribution in [0.2, 0.25) is 0 Å². The van der Waals surface area contributed by atoms with Gasteiger partial charge in [0.05, 0.1) is 18.8 Å². The van der Waals surface area contributed by atoms with Crippen LogP contribution in [0.3, 0.4) is 0 Å². The molecule has 1 amide bonds. The van der Waals surface area contributed by atoms with E-state index in [1.54, 1.807) is 0 Å². The zero-order chi connectivity index (χ0) is 16.6. The van der Waals surface area contributed by atoms with Crippen LogP contribution in [-0.4, -0.2) is 61.1 Å². The Morgan fingerprint density at radius 1 is 1.25 bits per heavy atom. The van der Waals surface area contributed by atoms with Crippen molar-refractivity contribution in [3.8, 4) is 0 Å². The summed E-state index contributed by atoms with van der Waals surface area (Å²) in [4.78, 5) is 16.3. The van der Waals surface area contributed by atoms with Crippen molar-refractivity contribution < 1.29 is 9.53 Å². The van der Waals surface area contributed by atoms with Gasteiger partial charge in [-0.15, -0.1) is 0 Å². The molecule has 2 fully saturated rings. The number of likely N-dealkylation sites (tertiary alicyclic amines) is 2. The summed E-state index contributed by atoms with van der Waals surface area (Å²) in [5, 5.41) is 0. The van der Waals surface area contributed by atoms with Gasteiger partial charge in [-0.3, -0.25) is 9.69 Å². The number of hydrogen-bond donors (Lipinski definition) is 1. The Morgan fingerprint density at radius 3 is 2.83 bits per heavy atom. The summed E-state index contributed by atoms with van der Waals surface area (Å²) >= 11 is 0. The molecule has 4 rings (SSSR count). The van der Waals surface area contributed by atoms with Gasteiger partial charge in [-0.25, -0.2) is 0 Å². The highest BCUT2D eigenvalue weighted by Crippen LogP contribution is 2.42. The van der Waals surface area contributed by atoms with Gasteiger partial charge in [-0.1, -0.05) is 24.3 Å². The third kappa shape index (κ3) is 2.75. The first-order chi connectivity index (χ1) is 11.7. The zero-order valence-electron chi connectivity index (χ0n) is 14.2. The normalized spacial score (nSPS) is 26.5. The molecule has 1 aromatic carbocycles. The zero-order valence-corrected chi connectivity index (χ0v) is 14.2. The number of benzene rings is 1. The number of amides is 1. The fourth-order valence-electron chi connectivity index (χ4n) is 4.68. The maximum Gasteiger partial charge on any atom is 0.236 e. The topological polar surface area (TPSA) is 58.8 Å². The van der Waals surface area contributed by atoms with Crippen LogP contribution in [0.15, 0.2) is 24.3 Å². The van der Waals surface area contributed by atoms with Gasteiger partial charge in [0.25, 0.3) is 0 Å². The van der Waals surface area contributed by atoms with Gasteiger partial charge in [0.15, 0.2) is 0 Å². The number of carbonyl (C=O) groups excluding carboxylic acids is 1. The van der Waals surface area contributed by atoms with Crippen LogP contribution in [0.25, 0.3) is 0 Å². The molecule has 1 atom stereocenters. The lowest BCUT2D eigenvalue weighted by atomic mass is 9.79. The molecule has 5 heteroatoms. The molecule has 130 valence electrons. The van der Waals surface area contributed by atoms with E-state index in [1.807, 2.05) is 4.90 Å². The summed E-state index contributed by atoms with van der Waals surface area (Å²) in [6, 6.07) is 9.25. The molecule has 3 aliphatic rings. The molecule has 0 radical (unpaired) electrons. The van der Waals surface area contributed by atoms with Crippen LogP contribution >= 0.6 is 0 Å². The molecule has 0 bridgehead atoms. The van der Waals surface area contributed by atoms with Crippen LogP contribution in [0.1, 0.15) is 30.4 Å². The van der Waals surface area contributed by atoms with E-state index >= 15 is 0 Å².